The van der Waals surface area contributed by atoms with E-state index in [1.807, 2.05) is 24.4 Å². The van der Waals surface area contributed by atoms with Crippen molar-refractivity contribution in [1.29, 1.82) is 0 Å². The minimum absolute atomic E-state index is 0.0201. The molecule has 0 amide bonds. The van der Waals surface area contributed by atoms with Crippen LogP contribution in [0.2, 0.25) is 0 Å². The third-order valence-electron chi connectivity index (χ3n) is 6.44. The van der Waals surface area contributed by atoms with E-state index in [0.717, 1.165) is 31.1 Å². The Balaban J connectivity index is 1.33. The molecule has 1 aliphatic carbocycles. The Bertz CT molecular complexity index is 1090. The molecule has 1 aromatic carbocycles. The van der Waals surface area contributed by atoms with Gasteiger partial charge in [0.25, 0.3) is 0 Å². The summed E-state index contributed by atoms with van der Waals surface area (Å²) in [6.45, 7) is 4.10. The van der Waals surface area contributed by atoms with Crippen molar-refractivity contribution in [3.05, 3.63) is 76.7 Å². The van der Waals surface area contributed by atoms with Gasteiger partial charge in [-0.1, -0.05) is 18.2 Å². The molecule has 1 aromatic rings. The molecule has 0 aromatic heterocycles. The fraction of sp³-hybridized carbons (Fsp3) is 0.417. The van der Waals surface area contributed by atoms with E-state index in [0.29, 0.717) is 19.8 Å². The average molecular weight is 456 g/mol. The summed E-state index contributed by atoms with van der Waals surface area (Å²) < 4.78 is 35.1. The lowest BCUT2D eigenvalue weighted by molar-refractivity contribution is 0.0441. The monoisotopic (exact) mass is 455 g/mol. The summed E-state index contributed by atoms with van der Waals surface area (Å²) in [4.78, 5) is 4.53. The van der Waals surface area contributed by atoms with Crippen LogP contribution in [0.15, 0.2) is 71.2 Å². The predicted molar refractivity (Wildman–Crippen MR) is 124 cm³/mol. The molecule has 0 saturated carbocycles. The molecule has 1 N–H and O–H groups in total. The van der Waals surface area contributed by atoms with Gasteiger partial charge in [0.15, 0.2) is 9.84 Å². The van der Waals surface area contributed by atoms with E-state index in [1.54, 1.807) is 7.11 Å². The largest absolute Gasteiger partial charge is 0.497 e. The number of benzene rings is 1. The number of allylic oxidation sites excluding steroid dienone is 2. The predicted octanol–water partition coefficient (Wildman–Crippen LogP) is 1.82. The zero-order valence-corrected chi connectivity index (χ0v) is 19.1. The fourth-order valence-corrected chi connectivity index (χ4v) is 5.95. The van der Waals surface area contributed by atoms with Crippen LogP contribution >= 0.6 is 0 Å². The quantitative estimate of drug-likeness (QED) is 0.726. The maximum absolute atomic E-state index is 11.8. The number of dihydropyridines is 1. The van der Waals surface area contributed by atoms with Gasteiger partial charge in [0, 0.05) is 38.3 Å². The third kappa shape index (κ3) is 4.48. The normalized spacial score (nSPS) is 25.1. The minimum atomic E-state index is -2.88. The Kier molecular flexibility index (Phi) is 5.84. The van der Waals surface area contributed by atoms with E-state index in [1.165, 1.54) is 22.3 Å². The third-order valence-corrected chi connectivity index (χ3v) is 8.05. The van der Waals surface area contributed by atoms with Gasteiger partial charge in [-0.15, -0.1) is 0 Å². The first-order valence-electron chi connectivity index (χ1n) is 11.0. The Morgan fingerprint density at radius 3 is 2.66 bits per heavy atom. The molecule has 0 radical (unpaired) electrons. The molecule has 1 atom stereocenters. The molecule has 4 aliphatic rings. The van der Waals surface area contributed by atoms with Gasteiger partial charge in [-0.2, -0.15) is 0 Å². The SMILES string of the molecule is COc1ccc(CN2COC3=C(C=C(CN4CCS(=O)(=O)CC4)C4=CC=CNC43)C2)cc1. The molecule has 1 fully saturated rings. The lowest BCUT2D eigenvalue weighted by Gasteiger charge is -2.39. The van der Waals surface area contributed by atoms with Crippen LogP contribution in [0, 0.1) is 0 Å². The van der Waals surface area contributed by atoms with E-state index in [9.17, 15) is 8.42 Å². The second-order valence-corrected chi connectivity index (χ2v) is 11.0. The summed E-state index contributed by atoms with van der Waals surface area (Å²) in [5, 5.41) is 3.46. The number of hydrogen-bond donors (Lipinski definition) is 1. The highest BCUT2D eigenvalue weighted by atomic mass is 32.2. The van der Waals surface area contributed by atoms with Crippen LogP contribution in [0.5, 0.6) is 5.75 Å². The van der Waals surface area contributed by atoms with Gasteiger partial charge >= 0.3 is 0 Å². The molecule has 1 unspecified atom stereocenters. The number of hydrogen-bond acceptors (Lipinski definition) is 7. The highest BCUT2D eigenvalue weighted by Gasteiger charge is 2.34. The molecule has 3 aliphatic heterocycles. The molecule has 8 heteroatoms. The molecular weight excluding hydrogens is 426 g/mol. The van der Waals surface area contributed by atoms with Crippen molar-refractivity contribution in [2.45, 2.75) is 12.6 Å². The first-order valence-corrected chi connectivity index (χ1v) is 12.8. The first-order chi connectivity index (χ1) is 15.5. The topological polar surface area (TPSA) is 71.1 Å². The van der Waals surface area contributed by atoms with E-state index in [4.69, 9.17) is 9.47 Å². The summed E-state index contributed by atoms with van der Waals surface area (Å²) in [6, 6.07) is 8.16. The molecule has 0 spiro atoms. The number of nitrogens with one attached hydrogen (secondary N) is 1. The number of nitrogens with zero attached hydrogens (tertiary/aromatic N) is 2. The standard InChI is InChI=1S/C24H29N3O4S/c1-30-21-6-4-18(5-7-21)14-27-16-20-13-19(15-26-9-11-32(28,29)12-10-26)22-3-2-8-25-23(22)24(20)31-17-27/h2-8,13,23,25H,9-12,14-17H2,1H3. The zero-order chi connectivity index (χ0) is 22.1. The van der Waals surface area contributed by atoms with Gasteiger partial charge < -0.3 is 14.8 Å². The maximum Gasteiger partial charge on any atom is 0.152 e. The minimum Gasteiger partial charge on any atom is -0.497 e. The molecule has 5 rings (SSSR count). The van der Waals surface area contributed by atoms with Crippen LogP contribution in [0.1, 0.15) is 5.56 Å². The summed E-state index contributed by atoms with van der Waals surface area (Å²) in [6.07, 6.45) is 8.37. The highest BCUT2D eigenvalue weighted by molar-refractivity contribution is 7.91. The van der Waals surface area contributed by atoms with E-state index in [-0.39, 0.29) is 17.5 Å². The van der Waals surface area contributed by atoms with Gasteiger partial charge in [-0.05, 0) is 47.2 Å². The molecule has 32 heavy (non-hydrogen) atoms. The lowest BCUT2D eigenvalue weighted by Crippen LogP contribution is -2.45. The summed E-state index contributed by atoms with van der Waals surface area (Å²) >= 11 is 0. The Hall–Kier alpha value is -2.55. The first kappa shape index (κ1) is 21.3. The lowest BCUT2D eigenvalue weighted by atomic mass is 9.86. The van der Waals surface area contributed by atoms with Crippen LogP contribution < -0.4 is 10.1 Å². The number of ether oxygens (including phenoxy) is 2. The fourth-order valence-electron chi connectivity index (χ4n) is 4.67. The van der Waals surface area contributed by atoms with Crippen molar-refractivity contribution in [3.8, 4) is 5.75 Å². The van der Waals surface area contributed by atoms with Crippen molar-refractivity contribution < 1.29 is 17.9 Å². The molecular formula is C24H29N3O4S. The van der Waals surface area contributed by atoms with E-state index < -0.39 is 9.84 Å². The van der Waals surface area contributed by atoms with Gasteiger partial charge in [0.1, 0.15) is 24.3 Å². The average Bonchev–Trinajstić information content (AvgIpc) is 2.81. The zero-order valence-electron chi connectivity index (χ0n) is 18.3. The Morgan fingerprint density at radius 1 is 1.12 bits per heavy atom. The number of fused-ring (bicyclic) bond motifs is 2. The van der Waals surface area contributed by atoms with Crippen LogP contribution in [0.4, 0.5) is 0 Å². The molecule has 0 bridgehead atoms. The maximum atomic E-state index is 11.8. The van der Waals surface area contributed by atoms with Gasteiger partial charge in [-0.3, -0.25) is 9.80 Å². The van der Waals surface area contributed by atoms with Crippen LogP contribution in [-0.4, -0.2) is 75.8 Å². The van der Waals surface area contributed by atoms with E-state index >= 15 is 0 Å². The van der Waals surface area contributed by atoms with Gasteiger partial charge in [0.2, 0.25) is 0 Å². The van der Waals surface area contributed by atoms with Crippen molar-refractivity contribution in [2.75, 3.05) is 51.5 Å². The Morgan fingerprint density at radius 2 is 1.91 bits per heavy atom. The van der Waals surface area contributed by atoms with Crippen molar-refractivity contribution in [1.82, 2.24) is 15.1 Å². The molecule has 3 heterocycles. The molecule has 1 saturated heterocycles. The van der Waals surface area contributed by atoms with Crippen LogP contribution in [0.3, 0.4) is 0 Å². The van der Waals surface area contributed by atoms with E-state index in [2.05, 4.69) is 39.4 Å². The van der Waals surface area contributed by atoms with Crippen LogP contribution in [0.25, 0.3) is 0 Å². The molecule has 7 nitrogen and oxygen atoms in total. The smallest absolute Gasteiger partial charge is 0.152 e. The van der Waals surface area contributed by atoms with Crippen molar-refractivity contribution in [2.24, 2.45) is 0 Å². The number of sulfone groups is 1. The number of methoxy groups -OCH3 is 1. The van der Waals surface area contributed by atoms with Gasteiger partial charge in [-0.25, -0.2) is 8.42 Å². The Labute approximate surface area is 189 Å². The van der Waals surface area contributed by atoms with Crippen molar-refractivity contribution in [3.63, 3.8) is 0 Å². The molecule has 170 valence electrons. The van der Waals surface area contributed by atoms with Crippen LogP contribution in [-0.2, 0) is 21.1 Å². The highest BCUT2D eigenvalue weighted by Crippen LogP contribution is 2.35. The summed E-state index contributed by atoms with van der Waals surface area (Å²) in [5.74, 6) is 2.34. The summed E-state index contributed by atoms with van der Waals surface area (Å²) in [5.41, 5.74) is 4.85. The van der Waals surface area contributed by atoms with Gasteiger partial charge in [0.05, 0.1) is 18.6 Å². The number of rotatable bonds is 5. The van der Waals surface area contributed by atoms with Crippen molar-refractivity contribution >= 4 is 9.84 Å². The second-order valence-electron chi connectivity index (χ2n) is 8.68. The summed E-state index contributed by atoms with van der Waals surface area (Å²) in [7, 11) is -1.21. The second kappa shape index (κ2) is 8.77.